The van der Waals surface area contributed by atoms with E-state index in [1.54, 1.807) is 19.1 Å². The number of halogens is 1. The number of carbonyl (C=O) groups excluding carboxylic acids is 1. The summed E-state index contributed by atoms with van der Waals surface area (Å²) in [5.41, 5.74) is 4.84. The van der Waals surface area contributed by atoms with E-state index in [1.165, 1.54) is 22.9 Å². The summed E-state index contributed by atoms with van der Waals surface area (Å²) in [6.07, 6.45) is 3.76. The molecule has 0 atom stereocenters. The van der Waals surface area contributed by atoms with Gasteiger partial charge in [0.2, 0.25) is 0 Å². The van der Waals surface area contributed by atoms with E-state index in [1.807, 2.05) is 42.5 Å². The Hall–Kier alpha value is -2.78. The Morgan fingerprint density at radius 1 is 0.943 bits per heavy atom. The Bertz CT molecular complexity index is 1280. The molecule has 0 radical (unpaired) electrons. The van der Waals surface area contributed by atoms with Crippen molar-refractivity contribution in [1.29, 1.82) is 0 Å². The van der Waals surface area contributed by atoms with Crippen LogP contribution in [-0.2, 0) is 17.6 Å². The van der Waals surface area contributed by atoms with Crippen LogP contribution in [0.1, 0.15) is 30.5 Å². The minimum Gasteiger partial charge on any atom is -0.493 e. The maximum atomic E-state index is 13.7. The van der Waals surface area contributed by atoms with Gasteiger partial charge in [0, 0.05) is 9.13 Å². The SMILES string of the molecule is CCc1ccc(N=C2S/C(=C\c3cc(I)cc(OC)c3OC)C(=O)N2c2ccc(CC)cc2)cc1. The monoisotopic (exact) mass is 598 g/mol. The van der Waals surface area contributed by atoms with Gasteiger partial charge in [-0.15, -0.1) is 0 Å². The molecule has 3 aromatic carbocycles. The minimum atomic E-state index is -0.122. The minimum absolute atomic E-state index is 0.122. The van der Waals surface area contributed by atoms with Crippen molar-refractivity contribution in [2.45, 2.75) is 26.7 Å². The van der Waals surface area contributed by atoms with Crippen LogP contribution in [0, 0.1) is 3.57 Å². The zero-order valence-electron chi connectivity index (χ0n) is 20.2. The van der Waals surface area contributed by atoms with Gasteiger partial charge in [0.1, 0.15) is 0 Å². The molecule has 0 aromatic heterocycles. The molecule has 4 rings (SSSR count). The number of anilines is 1. The molecule has 0 saturated carbocycles. The van der Waals surface area contributed by atoms with Gasteiger partial charge in [-0.3, -0.25) is 9.69 Å². The lowest BCUT2D eigenvalue weighted by Gasteiger charge is -2.16. The Labute approximate surface area is 224 Å². The predicted octanol–water partition coefficient (Wildman–Crippen LogP) is 7.24. The van der Waals surface area contributed by atoms with E-state index in [0.717, 1.165) is 33.4 Å². The number of methoxy groups -OCH3 is 2. The van der Waals surface area contributed by atoms with Crippen molar-refractivity contribution in [1.82, 2.24) is 0 Å². The number of hydrogen-bond acceptors (Lipinski definition) is 5. The third-order valence-electron chi connectivity index (χ3n) is 5.74. The number of benzene rings is 3. The van der Waals surface area contributed by atoms with E-state index in [2.05, 4.69) is 60.7 Å². The molecule has 0 unspecified atom stereocenters. The lowest BCUT2D eigenvalue weighted by Crippen LogP contribution is -2.28. The molecular weight excluding hydrogens is 571 g/mol. The zero-order valence-corrected chi connectivity index (χ0v) is 23.1. The molecule has 1 fully saturated rings. The van der Waals surface area contributed by atoms with Crippen molar-refractivity contribution >= 4 is 62.9 Å². The molecular formula is C28H27IN2O3S. The van der Waals surface area contributed by atoms with E-state index in [9.17, 15) is 4.79 Å². The second-order valence-electron chi connectivity index (χ2n) is 7.92. The highest BCUT2D eigenvalue weighted by molar-refractivity contribution is 14.1. The molecule has 0 aliphatic carbocycles. The van der Waals surface area contributed by atoms with Crippen molar-refractivity contribution in [2.24, 2.45) is 4.99 Å². The van der Waals surface area contributed by atoms with Crippen LogP contribution in [0.5, 0.6) is 11.5 Å². The van der Waals surface area contributed by atoms with Crippen molar-refractivity contribution in [3.8, 4) is 11.5 Å². The van der Waals surface area contributed by atoms with E-state index in [0.29, 0.717) is 21.6 Å². The lowest BCUT2D eigenvalue weighted by molar-refractivity contribution is -0.113. The molecule has 0 N–H and O–H groups in total. The number of aliphatic imine (C=N–C) groups is 1. The van der Waals surface area contributed by atoms with Crippen molar-refractivity contribution in [3.63, 3.8) is 0 Å². The summed E-state index contributed by atoms with van der Waals surface area (Å²) in [6, 6.07) is 20.1. The van der Waals surface area contributed by atoms with E-state index in [-0.39, 0.29) is 5.91 Å². The first kappa shape index (κ1) is 25.3. The number of aryl methyl sites for hydroxylation is 2. The number of hydrogen-bond donors (Lipinski definition) is 0. The standard InChI is InChI=1S/C28H27IN2O3S/c1-5-18-7-11-22(12-8-18)30-28-31(23-13-9-19(6-2)10-14-23)27(32)25(35-28)16-20-15-21(29)17-24(33-3)26(20)34-4/h7-17H,5-6H2,1-4H3/b25-16-,30-28?. The van der Waals surface area contributed by atoms with Gasteiger partial charge in [0.25, 0.3) is 5.91 Å². The molecule has 1 heterocycles. The van der Waals surface area contributed by atoms with Crippen LogP contribution in [-0.4, -0.2) is 25.3 Å². The van der Waals surface area contributed by atoms with Gasteiger partial charge < -0.3 is 9.47 Å². The molecule has 0 bridgehead atoms. The first-order valence-electron chi connectivity index (χ1n) is 11.4. The number of rotatable bonds is 7. The van der Waals surface area contributed by atoms with Gasteiger partial charge in [0.05, 0.1) is 30.5 Å². The molecule has 3 aromatic rings. The Morgan fingerprint density at radius 2 is 1.57 bits per heavy atom. The molecule has 1 aliphatic heterocycles. The smallest absolute Gasteiger partial charge is 0.271 e. The summed E-state index contributed by atoms with van der Waals surface area (Å²) in [4.78, 5) is 20.8. The van der Waals surface area contributed by atoms with Gasteiger partial charge in [0.15, 0.2) is 16.7 Å². The predicted molar refractivity (Wildman–Crippen MR) is 154 cm³/mol. The van der Waals surface area contributed by atoms with Gasteiger partial charge in [-0.2, -0.15) is 0 Å². The summed E-state index contributed by atoms with van der Waals surface area (Å²) in [5.74, 6) is 1.09. The molecule has 35 heavy (non-hydrogen) atoms. The lowest BCUT2D eigenvalue weighted by atomic mass is 10.1. The summed E-state index contributed by atoms with van der Waals surface area (Å²) in [7, 11) is 3.21. The number of ether oxygens (including phenoxy) is 2. The van der Waals surface area contributed by atoms with Gasteiger partial charge in [-0.05, 0) is 101 Å². The second-order valence-corrected chi connectivity index (χ2v) is 10.2. The van der Waals surface area contributed by atoms with E-state index >= 15 is 0 Å². The van der Waals surface area contributed by atoms with Crippen LogP contribution in [0.4, 0.5) is 11.4 Å². The normalized spacial score (nSPS) is 15.8. The summed E-state index contributed by atoms with van der Waals surface area (Å²) < 4.78 is 12.1. The second kappa shape index (κ2) is 11.3. The number of carbonyl (C=O) groups is 1. The number of nitrogens with zero attached hydrogens (tertiary/aromatic N) is 2. The van der Waals surface area contributed by atoms with Crippen LogP contribution < -0.4 is 14.4 Å². The van der Waals surface area contributed by atoms with Gasteiger partial charge >= 0.3 is 0 Å². The Balaban J connectivity index is 1.80. The van der Waals surface area contributed by atoms with Crippen LogP contribution >= 0.6 is 34.4 Å². The quantitative estimate of drug-likeness (QED) is 0.213. The van der Waals surface area contributed by atoms with Crippen molar-refractivity contribution in [3.05, 3.63) is 85.8 Å². The van der Waals surface area contributed by atoms with Crippen LogP contribution in [0.25, 0.3) is 6.08 Å². The highest BCUT2D eigenvalue weighted by atomic mass is 127. The van der Waals surface area contributed by atoms with E-state index < -0.39 is 0 Å². The molecule has 1 aliphatic rings. The fraction of sp³-hybridized carbons (Fsp3) is 0.214. The van der Waals surface area contributed by atoms with E-state index in [4.69, 9.17) is 14.5 Å². The number of thioether (sulfide) groups is 1. The molecule has 0 spiro atoms. The highest BCUT2D eigenvalue weighted by Crippen LogP contribution is 2.40. The first-order chi connectivity index (χ1) is 17.0. The van der Waals surface area contributed by atoms with Gasteiger partial charge in [-0.25, -0.2) is 4.99 Å². The highest BCUT2D eigenvalue weighted by Gasteiger charge is 2.35. The first-order valence-corrected chi connectivity index (χ1v) is 13.3. The molecule has 180 valence electrons. The summed E-state index contributed by atoms with van der Waals surface area (Å²) in [6.45, 7) is 4.24. The number of amides is 1. The third kappa shape index (κ3) is 5.56. The molecule has 1 saturated heterocycles. The van der Waals surface area contributed by atoms with Crippen molar-refractivity contribution < 1.29 is 14.3 Å². The zero-order chi connectivity index (χ0) is 24.9. The topological polar surface area (TPSA) is 51.1 Å². The molecule has 5 nitrogen and oxygen atoms in total. The van der Waals surface area contributed by atoms with Crippen molar-refractivity contribution in [2.75, 3.05) is 19.1 Å². The largest absolute Gasteiger partial charge is 0.493 e. The molecule has 1 amide bonds. The average molecular weight is 599 g/mol. The average Bonchev–Trinajstić information content (AvgIpc) is 3.18. The van der Waals surface area contributed by atoms with Crippen LogP contribution in [0.15, 0.2) is 70.6 Å². The fourth-order valence-electron chi connectivity index (χ4n) is 3.78. The Kier molecular flexibility index (Phi) is 8.18. The van der Waals surface area contributed by atoms with Gasteiger partial charge in [-0.1, -0.05) is 38.1 Å². The summed E-state index contributed by atoms with van der Waals surface area (Å²) in [5, 5.41) is 0.617. The third-order valence-corrected chi connectivity index (χ3v) is 7.33. The van der Waals surface area contributed by atoms with Crippen LogP contribution in [0.2, 0.25) is 0 Å². The van der Waals surface area contributed by atoms with Crippen LogP contribution in [0.3, 0.4) is 0 Å². The summed E-state index contributed by atoms with van der Waals surface area (Å²) >= 11 is 3.59. The fourth-order valence-corrected chi connectivity index (χ4v) is 5.39. The maximum absolute atomic E-state index is 13.7. The Morgan fingerprint density at radius 3 is 2.14 bits per heavy atom. The molecule has 7 heteroatoms. The maximum Gasteiger partial charge on any atom is 0.271 e. The number of amidine groups is 1.